The van der Waals surface area contributed by atoms with Crippen molar-refractivity contribution in [1.82, 2.24) is 0 Å². The first kappa shape index (κ1) is 17.3. The Morgan fingerprint density at radius 2 is 1.73 bits per heavy atom. The second kappa shape index (κ2) is 7.57. The van der Waals surface area contributed by atoms with Crippen LogP contribution in [0.25, 0.3) is 0 Å². The fourth-order valence-corrected chi connectivity index (χ4v) is 2.37. The number of amides is 1. The monoisotopic (exact) mass is 351 g/mol. The fraction of sp³-hybridized carbons (Fsp3) is 0.100. The first-order chi connectivity index (χ1) is 12.6. The van der Waals surface area contributed by atoms with Gasteiger partial charge in [-0.3, -0.25) is 4.79 Å². The molecule has 3 aromatic rings. The van der Waals surface area contributed by atoms with Gasteiger partial charge in [-0.25, -0.2) is 4.79 Å². The van der Waals surface area contributed by atoms with E-state index in [9.17, 15) is 9.59 Å². The lowest BCUT2D eigenvalue weighted by molar-refractivity contribution is 0.0700. The van der Waals surface area contributed by atoms with Crippen molar-refractivity contribution in [2.75, 3.05) is 12.4 Å². The van der Waals surface area contributed by atoms with Crippen LogP contribution in [-0.2, 0) is 0 Å². The van der Waals surface area contributed by atoms with E-state index in [1.165, 1.54) is 13.4 Å². The van der Waals surface area contributed by atoms with E-state index in [-0.39, 0.29) is 11.7 Å². The highest BCUT2D eigenvalue weighted by molar-refractivity contribution is 6.06. The van der Waals surface area contributed by atoms with E-state index in [0.29, 0.717) is 28.3 Å². The van der Waals surface area contributed by atoms with E-state index < -0.39 is 5.97 Å². The lowest BCUT2D eigenvalue weighted by Gasteiger charge is -2.09. The molecule has 132 valence electrons. The molecule has 1 heterocycles. The van der Waals surface area contributed by atoms with Gasteiger partial charge >= 0.3 is 5.97 Å². The number of ether oxygens (including phenoxy) is 2. The van der Waals surface area contributed by atoms with Crippen molar-refractivity contribution in [3.63, 3.8) is 0 Å². The average Bonchev–Trinajstić information content (AvgIpc) is 3.09. The Bertz CT molecular complexity index is 927. The first-order valence-electron chi connectivity index (χ1n) is 7.89. The van der Waals surface area contributed by atoms with Gasteiger partial charge in [-0.1, -0.05) is 12.1 Å². The Kier molecular flexibility index (Phi) is 5.03. The molecule has 1 aromatic heterocycles. The summed E-state index contributed by atoms with van der Waals surface area (Å²) >= 11 is 0. The summed E-state index contributed by atoms with van der Waals surface area (Å²) in [5, 5.41) is 2.77. The number of hydrogen-bond donors (Lipinski definition) is 1. The standard InChI is InChI=1S/C20H17NO5/c1-13-11-12-25-18(13)20(23)26-15-9-7-14(8-10-15)21-19(22)16-5-3-4-6-17(16)24-2/h3-12H,1-2H3,(H,21,22). The molecule has 2 aromatic carbocycles. The number of anilines is 1. The molecule has 0 fully saturated rings. The van der Waals surface area contributed by atoms with Gasteiger partial charge in [0.2, 0.25) is 5.76 Å². The van der Waals surface area contributed by atoms with Gasteiger partial charge in [0.1, 0.15) is 11.5 Å². The van der Waals surface area contributed by atoms with Gasteiger partial charge < -0.3 is 19.2 Å². The normalized spacial score (nSPS) is 10.2. The molecule has 3 rings (SSSR count). The van der Waals surface area contributed by atoms with Crippen LogP contribution in [0.3, 0.4) is 0 Å². The number of carbonyl (C=O) groups excluding carboxylic acids is 2. The second-order valence-corrected chi connectivity index (χ2v) is 5.50. The van der Waals surface area contributed by atoms with Crippen molar-refractivity contribution in [3.8, 4) is 11.5 Å². The van der Waals surface area contributed by atoms with Crippen LogP contribution in [0, 0.1) is 6.92 Å². The summed E-state index contributed by atoms with van der Waals surface area (Å²) in [4.78, 5) is 24.4. The number of benzene rings is 2. The zero-order valence-corrected chi connectivity index (χ0v) is 14.3. The van der Waals surface area contributed by atoms with Crippen molar-refractivity contribution in [2.45, 2.75) is 6.92 Å². The van der Waals surface area contributed by atoms with Gasteiger partial charge in [0.15, 0.2) is 0 Å². The fourth-order valence-electron chi connectivity index (χ4n) is 2.37. The minimum atomic E-state index is -0.571. The summed E-state index contributed by atoms with van der Waals surface area (Å²) in [6.45, 7) is 1.76. The molecule has 0 aliphatic heterocycles. The van der Waals surface area contributed by atoms with E-state index in [0.717, 1.165) is 0 Å². The highest BCUT2D eigenvalue weighted by Gasteiger charge is 2.15. The molecule has 0 aliphatic carbocycles. The van der Waals surface area contributed by atoms with Crippen LogP contribution in [-0.4, -0.2) is 19.0 Å². The largest absolute Gasteiger partial charge is 0.496 e. The molecular formula is C20H17NO5. The summed E-state index contributed by atoms with van der Waals surface area (Å²) in [5.41, 5.74) is 1.70. The molecule has 6 heteroatoms. The average molecular weight is 351 g/mol. The topological polar surface area (TPSA) is 77.8 Å². The van der Waals surface area contributed by atoms with Gasteiger partial charge in [0.25, 0.3) is 5.91 Å². The number of furan rings is 1. The zero-order valence-electron chi connectivity index (χ0n) is 14.3. The third kappa shape index (κ3) is 3.75. The third-order valence-corrected chi connectivity index (χ3v) is 3.72. The van der Waals surface area contributed by atoms with Crippen LogP contribution < -0.4 is 14.8 Å². The predicted octanol–water partition coefficient (Wildman–Crippen LogP) is 4.07. The maximum atomic E-state index is 12.4. The van der Waals surface area contributed by atoms with Crippen LogP contribution in [0.4, 0.5) is 5.69 Å². The van der Waals surface area contributed by atoms with Crippen molar-refractivity contribution in [1.29, 1.82) is 0 Å². The lowest BCUT2D eigenvalue weighted by Crippen LogP contribution is -2.13. The van der Waals surface area contributed by atoms with Gasteiger partial charge in [-0.2, -0.15) is 0 Å². The number of para-hydroxylation sites is 1. The van der Waals surface area contributed by atoms with Crippen LogP contribution in [0.1, 0.15) is 26.5 Å². The number of rotatable bonds is 5. The highest BCUT2D eigenvalue weighted by Crippen LogP contribution is 2.21. The zero-order chi connectivity index (χ0) is 18.5. The van der Waals surface area contributed by atoms with E-state index >= 15 is 0 Å². The molecule has 26 heavy (non-hydrogen) atoms. The molecule has 1 amide bonds. The minimum absolute atomic E-state index is 0.165. The number of methoxy groups -OCH3 is 1. The van der Waals surface area contributed by atoms with E-state index in [4.69, 9.17) is 13.9 Å². The SMILES string of the molecule is COc1ccccc1C(=O)Nc1ccc(OC(=O)c2occc2C)cc1. The van der Waals surface area contributed by atoms with Crippen molar-refractivity contribution in [2.24, 2.45) is 0 Å². The van der Waals surface area contributed by atoms with E-state index in [1.54, 1.807) is 61.5 Å². The quantitative estimate of drug-likeness (QED) is 0.554. The Hall–Kier alpha value is -3.54. The third-order valence-electron chi connectivity index (χ3n) is 3.72. The van der Waals surface area contributed by atoms with Crippen molar-refractivity contribution in [3.05, 3.63) is 77.7 Å². The number of hydrogen-bond acceptors (Lipinski definition) is 5. The minimum Gasteiger partial charge on any atom is -0.496 e. The molecule has 0 unspecified atom stereocenters. The van der Waals surface area contributed by atoms with Gasteiger partial charge in [0, 0.05) is 11.3 Å². The van der Waals surface area contributed by atoms with Crippen molar-refractivity contribution < 1.29 is 23.5 Å². The van der Waals surface area contributed by atoms with Crippen LogP contribution in [0.2, 0.25) is 0 Å². The molecule has 1 N–H and O–H groups in total. The molecule has 0 spiro atoms. The Morgan fingerprint density at radius 3 is 2.38 bits per heavy atom. The summed E-state index contributed by atoms with van der Waals surface area (Å²) in [7, 11) is 1.51. The molecule has 0 bridgehead atoms. The van der Waals surface area contributed by atoms with Gasteiger partial charge in [0.05, 0.1) is 18.9 Å². The number of aryl methyl sites for hydroxylation is 1. The summed E-state index contributed by atoms with van der Waals surface area (Å²) in [6.07, 6.45) is 1.43. The smallest absolute Gasteiger partial charge is 0.379 e. The predicted molar refractivity (Wildman–Crippen MR) is 95.8 cm³/mol. The summed E-state index contributed by atoms with van der Waals surface area (Å²) in [6, 6.07) is 15.1. The maximum Gasteiger partial charge on any atom is 0.379 e. The lowest BCUT2D eigenvalue weighted by atomic mass is 10.2. The number of nitrogens with one attached hydrogen (secondary N) is 1. The van der Waals surface area contributed by atoms with Crippen LogP contribution >= 0.6 is 0 Å². The van der Waals surface area contributed by atoms with Crippen molar-refractivity contribution >= 4 is 17.6 Å². The number of esters is 1. The molecule has 0 atom stereocenters. The summed E-state index contributed by atoms with van der Waals surface area (Å²) < 4.78 is 15.5. The van der Waals surface area contributed by atoms with E-state index in [2.05, 4.69) is 5.32 Å². The number of carbonyl (C=O) groups is 2. The van der Waals surface area contributed by atoms with Crippen LogP contribution in [0.5, 0.6) is 11.5 Å². The molecule has 0 aliphatic rings. The van der Waals surface area contributed by atoms with Gasteiger partial charge in [-0.15, -0.1) is 0 Å². The Labute approximate surface area is 150 Å². The molecule has 0 radical (unpaired) electrons. The molecule has 0 saturated carbocycles. The van der Waals surface area contributed by atoms with Gasteiger partial charge in [-0.05, 0) is 49.4 Å². The Morgan fingerprint density at radius 1 is 1.00 bits per heavy atom. The summed E-state index contributed by atoms with van der Waals surface area (Å²) in [5.74, 6) is 0.140. The molecule has 0 saturated heterocycles. The highest BCUT2D eigenvalue weighted by atomic mass is 16.5. The first-order valence-corrected chi connectivity index (χ1v) is 7.89. The van der Waals surface area contributed by atoms with Crippen LogP contribution in [0.15, 0.2) is 65.3 Å². The Balaban J connectivity index is 1.67. The molecule has 6 nitrogen and oxygen atoms in total. The maximum absolute atomic E-state index is 12.4. The molecular weight excluding hydrogens is 334 g/mol. The second-order valence-electron chi connectivity index (χ2n) is 5.50. The van der Waals surface area contributed by atoms with E-state index in [1.807, 2.05) is 0 Å².